The van der Waals surface area contributed by atoms with E-state index in [9.17, 15) is 4.79 Å². The number of benzene rings is 3. The minimum absolute atomic E-state index is 0.0799. The lowest BCUT2D eigenvalue weighted by molar-refractivity contribution is -0.114. The third kappa shape index (κ3) is 3.88. The Bertz CT molecular complexity index is 1270. The number of hydrogen-bond acceptors (Lipinski definition) is 5. The van der Waals surface area contributed by atoms with Gasteiger partial charge in [-0.3, -0.25) is 9.69 Å². The predicted molar refractivity (Wildman–Crippen MR) is 124 cm³/mol. The lowest BCUT2D eigenvalue weighted by Crippen LogP contribution is -2.37. The molecule has 0 spiro atoms. The Morgan fingerprint density at radius 2 is 1.72 bits per heavy atom. The molecule has 1 atom stereocenters. The highest BCUT2D eigenvalue weighted by Gasteiger charge is 2.31. The summed E-state index contributed by atoms with van der Waals surface area (Å²) >= 11 is 0. The highest BCUT2D eigenvalue weighted by atomic mass is 16.2. The smallest absolute Gasteiger partial charge is 0.251 e. The average molecular weight is 422 g/mol. The number of rotatable bonds is 5. The van der Waals surface area contributed by atoms with Crippen LogP contribution in [0.25, 0.3) is 5.70 Å². The van der Waals surface area contributed by atoms with Gasteiger partial charge in [-0.2, -0.15) is 4.68 Å². The Morgan fingerprint density at radius 1 is 0.969 bits per heavy atom. The van der Waals surface area contributed by atoms with E-state index in [1.165, 1.54) is 0 Å². The molecule has 0 unspecified atom stereocenters. The quantitative estimate of drug-likeness (QED) is 0.525. The van der Waals surface area contributed by atoms with Crippen molar-refractivity contribution in [2.24, 2.45) is 0 Å². The van der Waals surface area contributed by atoms with E-state index in [1.54, 1.807) is 4.68 Å². The van der Waals surface area contributed by atoms with Crippen LogP contribution < -0.4 is 10.2 Å². The van der Waals surface area contributed by atoms with E-state index in [1.807, 2.05) is 84.6 Å². The molecular weight excluding hydrogens is 400 g/mol. The first-order valence-corrected chi connectivity index (χ1v) is 10.4. The fourth-order valence-corrected chi connectivity index (χ4v) is 3.94. The number of amides is 1. The highest BCUT2D eigenvalue weighted by Crippen LogP contribution is 2.35. The fraction of sp³-hybridized carbons (Fsp3) is 0.120. The van der Waals surface area contributed by atoms with E-state index in [-0.39, 0.29) is 18.5 Å². The van der Waals surface area contributed by atoms with Gasteiger partial charge < -0.3 is 5.32 Å². The minimum atomic E-state index is -0.174. The van der Waals surface area contributed by atoms with Crippen molar-refractivity contribution in [3.63, 3.8) is 0 Å². The van der Waals surface area contributed by atoms with Gasteiger partial charge in [0.1, 0.15) is 12.6 Å². The lowest BCUT2D eigenvalue weighted by atomic mass is 10.0. The minimum Gasteiger partial charge on any atom is -0.325 e. The van der Waals surface area contributed by atoms with Gasteiger partial charge in [-0.1, -0.05) is 77.9 Å². The van der Waals surface area contributed by atoms with Crippen molar-refractivity contribution < 1.29 is 4.79 Å². The van der Waals surface area contributed by atoms with Crippen molar-refractivity contribution in [1.29, 1.82) is 0 Å². The molecule has 1 N–H and O–H groups in total. The molecule has 3 aromatic carbocycles. The molecule has 4 aromatic rings. The Kier molecular flexibility index (Phi) is 5.21. The molecule has 1 amide bonds. The maximum absolute atomic E-state index is 13.0. The normalized spacial score (nSPS) is 15.1. The summed E-state index contributed by atoms with van der Waals surface area (Å²) < 4.78 is 1.75. The molecule has 1 aliphatic heterocycles. The molecule has 1 aliphatic rings. The molecule has 158 valence electrons. The monoisotopic (exact) mass is 422 g/mol. The van der Waals surface area contributed by atoms with Crippen molar-refractivity contribution >= 4 is 23.2 Å². The number of aromatic nitrogens is 4. The van der Waals surface area contributed by atoms with E-state index in [4.69, 9.17) is 0 Å². The number of hydrogen-bond donors (Lipinski definition) is 1. The first-order valence-electron chi connectivity index (χ1n) is 10.4. The zero-order valence-electron chi connectivity index (χ0n) is 17.6. The SMILES string of the molecule is Cc1cccc(NC(=O)CN2C(c3ccccc3)=C[C@H](c3ccccc3)n3nnnc32)c1. The molecule has 0 radical (unpaired) electrons. The van der Waals surface area contributed by atoms with Crippen LogP contribution in [0.5, 0.6) is 0 Å². The van der Waals surface area contributed by atoms with Crippen LogP contribution in [0.2, 0.25) is 0 Å². The molecule has 0 saturated carbocycles. The molecule has 1 aromatic heterocycles. The van der Waals surface area contributed by atoms with Gasteiger partial charge in [0, 0.05) is 5.69 Å². The van der Waals surface area contributed by atoms with Crippen molar-refractivity contribution in [3.8, 4) is 0 Å². The van der Waals surface area contributed by atoms with Crippen molar-refractivity contribution in [1.82, 2.24) is 20.2 Å². The second-order valence-electron chi connectivity index (χ2n) is 7.70. The zero-order valence-corrected chi connectivity index (χ0v) is 17.6. The van der Waals surface area contributed by atoms with Crippen LogP contribution in [0.3, 0.4) is 0 Å². The Balaban J connectivity index is 1.52. The Labute approximate surface area is 186 Å². The van der Waals surface area contributed by atoms with Gasteiger partial charge in [0.25, 0.3) is 5.95 Å². The van der Waals surface area contributed by atoms with Crippen LogP contribution in [0.4, 0.5) is 11.6 Å². The van der Waals surface area contributed by atoms with Crippen molar-refractivity contribution in [2.75, 3.05) is 16.8 Å². The number of carbonyl (C=O) groups is 1. The van der Waals surface area contributed by atoms with E-state index >= 15 is 0 Å². The summed E-state index contributed by atoms with van der Waals surface area (Å²) in [5.74, 6) is 0.379. The summed E-state index contributed by atoms with van der Waals surface area (Å²) in [4.78, 5) is 14.9. The summed E-state index contributed by atoms with van der Waals surface area (Å²) in [6.07, 6.45) is 2.11. The molecule has 2 heterocycles. The first-order chi connectivity index (χ1) is 15.7. The van der Waals surface area contributed by atoms with Crippen molar-refractivity contribution in [3.05, 3.63) is 108 Å². The number of allylic oxidation sites excluding steroid dienone is 1. The van der Waals surface area contributed by atoms with Crippen LogP contribution in [0.1, 0.15) is 22.7 Å². The second kappa shape index (κ2) is 8.47. The van der Waals surface area contributed by atoms with Crippen LogP contribution in [0, 0.1) is 6.92 Å². The number of nitrogens with one attached hydrogen (secondary N) is 1. The third-order valence-electron chi connectivity index (χ3n) is 5.40. The van der Waals surface area contributed by atoms with Gasteiger partial charge in [0.2, 0.25) is 5.91 Å². The van der Waals surface area contributed by atoms with Crippen LogP contribution in [0.15, 0.2) is 91.0 Å². The maximum atomic E-state index is 13.0. The van der Waals surface area contributed by atoms with Gasteiger partial charge in [-0.25, -0.2) is 0 Å². The number of anilines is 2. The van der Waals surface area contributed by atoms with Crippen LogP contribution >= 0.6 is 0 Å². The summed E-state index contributed by atoms with van der Waals surface area (Å²) in [6, 6.07) is 27.6. The molecule has 7 heteroatoms. The van der Waals surface area contributed by atoms with E-state index in [2.05, 4.69) is 39.1 Å². The largest absolute Gasteiger partial charge is 0.325 e. The molecular formula is C25H22N6O. The van der Waals surface area contributed by atoms with Crippen molar-refractivity contribution in [2.45, 2.75) is 13.0 Å². The number of nitrogens with zero attached hydrogens (tertiary/aromatic N) is 5. The van der Waals surface area contributed by atoms with Crippen LogP contribution in [-0.2, 0) is 4.79 Å². The van der Waals surface area contributed by atoms with E-state index < -0.39 is 0 Å². The summed E-state index contributed by atoms with van der Waals surface area (Å²) in [5.41, 5.74) is 4.80. The summed E-state index contributed by atoms with van der Waals surface area (Å²) in [7, 11) is 0. The van der Waals surface area contributed by atoms with E-state index in [0.29, 0.717) is 5.95 Å². The molecule has 0 saturated heterocycles. The summed E-state index contributed by atoms with van der Waals surface area (Å²) in [5, 5.41) is 15.4. The van der Waals surface area contributed by atoms with Gasteiger partial charge in [0.05, 0.1) is 5.70 Å². The molecule has 0 bridgehead atoms. The number of carbonyl (C=O) groups excluding carboxylic acids is 1. The molecule has 0 aliphatic carbocycles. The Hall–Kier alpha value is -4.26. The van der Waals surface area contributed by atoms with Gasteiger partial charge >= 0.3 is 0 Å². The standard InChI is InChI=1S/C25H22N6O/c1-18-9-8-14-21(15-18)26-24(32)17-30-22(19-10-4-2-5-11-19)16-23(20-12-6-3-7-13-20)31-25(30)27-28-29-31/h2-16,23H,17H2,1H3,(H,26,32)/t23-/m1/s1. The zero-order chi connectivity index (χ0) is 21.9. The predicted octanol–water partition coefficient (Wildman–Crippen LogP) is 4.07. The maximum Gasteiger partial charge on any atom is 0.251 e. The van der Waals surface area contributed by atoms with Gasteiger partial charge in [-0.05, 0) is 52.2 Å². The molecule has 0 fully saturated rings. The lowest BCUT2D eigenvalue weighted by Gasteiger charge is -2.32. The molecule has 5 rings (SSSR count). The second-order valence-corrected chi connectivity index (χ2v) is 7.70. The first kappa shape index (κ1) is 19.7. The topological polar surface area (TPSA) is 75.9 Å². The van der Waals surface area contributed by atoms with Gasteiger partial charge in [0.15, 0.2) is 0 Å². The molecule has 32 heavy (non-hydrogen) atoms. The van der Waals surface area contributed by atoms with Crippen LogP contribution in [-0.4, -0.2) is 32.7 Å². The van der Waals surface area contributed by atoms with E-state index in [0.717, 1.165) is 28.1 Å². The number of aryl methyl sites for hydroxylation is 1. The fourth-order valence-electron chi connectivity index (χ4n) is 3.94. The number of tetrazole rings is 1. The Morgan fingerprint density at radius 3 is 2.47 bits per heavy atom. The molecule has 7 nitrogen and oxygen atoms in total. The van der Waals surface area contributed by atoms with Gasteiger partial charge in [-0.15, -0.1) is 0 Å². The highest BCUT2D eigenvalue weighted by molar-refractivity contribution is 5.97. The average Bonchev–Trinajstić information content (AvgIpc) is 3.30. The summed E-state index contributed by atoms with van der Waals surface area (Å²) in [6.45, 7) is 2.07. The number of fused-ring (bicyclic) bond motifs is 1. The third-order valence-corrected chi connectivity index (χ3v) is 5.40.